The number of likely N-dealkylation sites (tertiary alicyclic amines) is 1. The largest absolute Gasteiger partial charge is 0.481 e. The lowest BCUT2D eigenvalue weighted by molar-refractivity contribution is -0.143. The zero-order valence-corrected chi connectivity index (χ0v) is 49.2. The zero-order valence-electron chi connectivity index (χ0n) is 43.8. The number of hydrogen-bond donors (Lipinski definition) is 20. The van der Waals surface area contributed by atoms with E-state index in [1.807, 2.05) is 0 Å². The van der Waals surface area contributed by atoms with Gasteiger partial charge in [-0.25, -0.2) is 4.79 Å². The number of carboxylic acids is 2. The molecule has 0 radical (unpaired) electrons. The summed E-state index contributed by atoms with van der Waals surface area (Å²) in [6.07, 6.45) is -1.47. The average molecular weight is 1250 g/mol. The molecule has 11 atom stereocenters. The van der Waals surface area contributed by atoms with Crippen LogP contribution in [0.1, 0.15) is 59.8 Å². The lowest BCUT2D eigenvalue weighted by Gasteiger charge is -2.30. The van der Waals surface area contributed by atoms with Crippen LogP contribution in [0.25, 0.3) is 0 Å². The molecule has 1 fully saturated rings. The lowest BCUT2D eigenvalue weighted by atomic mass is 10.0. The molecule has 1 saturated heterocycles. The Hall–Kier alpha value is -5.85. The van der Waals surface area contributed by atoms with Crippen molar-refractivity contribution in [1.29, 1.82) is 0 Å². The van der Waals surface area contributed by atoms with Crippen molar-refractivity contribution in [1.82, 2.24) is 63.4 Å². The molecule has 0 aromatic rings. The summed E-state index contributed by atoms with van der Waals surface area (Å²) in [6, 6.07) is -15.8. The van der Waals surface area contributed by atoms with Crippen LogP contribution in [0.4, 0.5) is 0 Å². The molecule has 0 spiro atoms. The Morgan fingerprint density at radius 3 is 1.41 bits per heavy atom. The van der Waals surface area contributed by atoms with Crippen LogP contribution in [0, 0.1) is 5.92 Å². The van der Waals surface area contributed by atoms with Gasteiger partial charge in [0.25, 0.3) is 0 Å². The van der Waals surface area contributed by atoms with Gasteiger partial charge in [0.05, 0.1) is 19.4 Å². The fourth-order valence-electron chi connectivity index (χ4n) is 7.10. The minimum atomic E-state index is -1.75. The van der Waals surface area contributed by atoms with E-state index in [9.17, 15) is 77.0 Å². The van der Waals surface area contributed by atoms with Gasteiger partial charge in [0.1, 0.15) is 66.5 Å². The van der Waals surface area contributed by atoms with E-state index < -0.39 is 192 Å². The molecule has 1 aliphatic rings. The monoisotopic (exact) mass is 1250 g/mol. The molecular formula is C44H71N13O17S6. The highest BCUT2D eigenvalue weighted by molar-refractivity contribution is 7.81. The Labute approximate surface area is 493 Å². The second kappa shape index (κ2) is 36.5. The number of nitrogens with zero attached hydrogens (tertiary/aromatic N) is 1. The average Bonchev–Trinajstić information content (AvgIpc) is 3.90. The molecule has 1 aliphatic heterocycles. The maximum Gasteiger partial charge on any atom is 0.327 e. The van der Waals surface area contributed by atoms with Crippen molar-refractivity contribution in [3.8, 4) is 0 Å². The van der Waals surface area contributed by atoms with E-state index in [0.29, 0.717) is 0 Å². The molecule has 0 aromatic carbocycles. The van der Waals surface area contributed by atoms with Crippen molar-refractivity contribution in [2.75, 3.05) is 47.6 Å². The number of primary amides is 1. The molecule has 450 valence electrons. The van der Waals surface area contributed by atoms with Crippen LogP contribution in [0.2, 0.25) is 0 Å². The van der Waals surface area contributed by atoms with Crippen LogP contribution in [0.5, 0.6) is 0 Å². The maximum atomic E-state index is 14.0. The molecule has 0 bridgehead atoms. The van der Waals surface area contributed by atoms with Crippen LogP contribution in [0.3, 0.4) is 0 Å². The van der Waals surface area contributed by atoms with Crippen molar-refractivity contribution in [3.63, 3.8) is 0 Å². The Kier molecular flexibility index (Phi) is 32.9. The highest BCUT2D eigenvalue weighted by atomic mass is 32.1. The summed E-state index contributed by atoms with van der Waals surface area (Å²) >= 11 is 24.2. The van der Waals surface area contributed by atoms with Crippen molar-refractivity contribution in [2.24, 2.45) is 11.7 Å². The van der Waals surface area contributed by atoms with Gasteiger partial charge in [-0.05, 0) is 38.4 Å². The van der Waals surface area contributed by atoms with E-state index in [1.54, 1.807) is 0 Å². The molecule has 0 unspecified atom stereocenters. The molecule has 36 heteroatoms. The summed E-state index contributed by atoms with van der Waals surface area (Å²) < 4.78 is 0. The summed E-state index contributed by atoms with van der Waals surface area (Å²) in [4.78, 5) is 194. The number of nitrogens with one attached hydrogen (secondary N) is 11. The molecule has 15 N–H and O–H groups in total. The highest BCUT2D eigenvalue weighted by Crippen LogP contribution is 2.20. The first-order valence-corrected chi connectivity index (χ1v) is 28.3. The first kappa shape index (κ1) is 72.2. The van der Waals surface area contributed by atoms with E-state index in [0.717, 1.165) is 4.90 Å². The van der Waals surface area contributed by atoms with E-state index in [-0.39, 0.29) is 48.8 Å². The normalized spacial score (nSPS) is 16.6. The lowest BCUT2D eigenvalue weighted by Crippen LogP contribution is -2.62. The summed E-state index contributed by atoms with van der Waals surface area (Å²) in [7, 11) is 0. The van der Waals surface area contributed by atoms with Gasteiger partial charge in [-0.15, -0.1) is 0 Å². The quantitative estimate of drug-likeness (QED) is 0.0262. The van der Waals surface area contributed by atoms with Gasteiger partial charge in [0, 0.05) is 41.7 Å². The van der Waals surface area contributed by atoms with Gasteiger partial charge in [-0.2, -0.15) is 75.8 Å². The molecule has 1 rings (SSSR count). The van der Waals surface area contributed by atoms with E-state index in [4.69, 9.17) is 10.8 Å². The molecule has 0 aromatic heterocycles. The van der Waals surface area contributed by atoms with Crippen molar-refractivity contribution < 1.29 is 82.1 Å². The Bertz CT molecular complexity index is 2290. The van der Waals surface area contributed by atoms with Crippen LogP contribution < -0.4 is 64.2 Å². The van der Waals surface area contributed by atoms with Gasteiger partial charge < -0.3 is 79.3 Å². The zero-order chi connectivity index (χ0) is 61.1. The number of amides is 13. The van der Waals surface area contributed by atoms with E-state index in [1.165, 1.54) is 27.7 Å². The van der Waals surface area contributed by atoms with E-state index in [2.05, 4.69) is 134 Å². The molecule has 0 saturated carbocycles. The van der Waals surface area contributed by atoms with Crippen LogP contribution in [-0.4, -0.2) is 218 Å². The number of hydrogen-bond acceptors (Lipinski definition) is 21. The fourth-order valence-corrected chi connectivity index (χ4v) is 8.58. The van der Waals surface area contributed by atoms with Gasteiger partial charge in [-0.3, -0.25) is 67.1 Å². The van der Waals surface area contributed by atoms with Crippen LogP contribution in [0.15, 0.2) is 0 Å². The SMILES string of the molecule is CC(C)[C@H](NC(=O)[C@H](CC(=O)O)NC(=O)[C@H](CS)NC(=O)CCS)C(=O)N[C@@H](CS)C(=O)N[C@@H](CS)C(=O)N[C@@H](CC(N)=O)C(=O)N1CCC[C@H]1C(=O)N[C@@H](C)C(=O)N[C@@H](CS)C(=O)N[C@@H](C)C(=O)NCC(=O)N[C@@H](CS)C(=O)O. The predicted octanol–water partition coefficient (Wildman–Crippen LogP) is -6.96. The topological polar surface area (TPSA) is 458 Å². The number of carbonyl (C=O) groups is 15. The number of rotatable bonds is 35. The van der Waals surface area contributed by atoms with Gasteiger partial charge in [0.15, 0.2) is 0 Å². The predicted molar refractivity (Wildman–Crippen MR) is 305 cm³/mol. The Balaban J connectivity index is 3.07. The standard InChI is InChI=1S/C44H71N13O17S6/c1-18(2)33(56-36(65)21(11-32(61)62)51-38(67)23(13-76)49-30(59)7-9-75)42(71)55-26(16-79)40(69)54-25(15-78)39(68)52-22(10-29(45)58)43(72)57-8-5-6-28(57)41(70)48-20(4)35(64)53-24(14-77)37(66)47-19(3)34(63)46-12-31(60)50-27(17-80)44(73)74/h18-28,33,75-80H,5-17H2,1-4H3,(H2,45,58)(H,46,63)(H,47,66)(H,48,70)(H,49,59)(H,50,60)(H,51,67)(H,52,68)(H,53,64)(H,54,69)(H,55,71)(H,56,65)(H,61,62)(H,73,74)/t19-,20-,21-,22-,23-,24-,25-,26-,27-,28-,33-/m0/s1. The highest BCUT2D eigenvalue weighted by Gasteiger charge is 2.41. The maximum absolute atomic E-state index is 14.0. The Morgan fingerprint density at radius 1 is 0.500 bits per heavy atom. The third-order valence-corrected chi connectivity index (χ3v) is 13.5. The smallest absolute Gasteiger partial charge is 0.327 e. The number of carboxylic acid groups (broad SMARTS) is 2. The summed E-state index contributed by atoms with van der Waals surface area (Å²) in [6.45, 7) is 4.85. The second-order valence-electron chi connectivity index (χ2n) is 18.1. The molecule has 80 heavy (non-hydrogen) atoms. The van der Waals surface area contributed by atoms with Crippen LogP contribution >= 0.6 is 75.8 Å². The van der Waals surface area contributed by atoms with Crippen molar-refractivity contribution in [2.45, 2.75) is 126 Å². The molecule has 30 nitrogen and oxygen atoms in total. The van der Waals surface area contributed by atoms with Gasteiger partial charge in [-0.1, -0.05) is 13.8 Å². The molecule has 0 aliphatic carbocycles. The van der Waals surface area contributed by atoms with Crippen molar-refractivity contribution >= 4 is 165 Å². The fraction of sp³-hybridized carbons (Fsp3) is 0.659. The van der Waals surface area contributed by atoms with Crippen LogP contribution in [-0.2, 0) is 71.9 Å². The summed E-state index contributed by atoms with van der Waals surface area (Å²) in [5.74, 6) is -16.9. The molecular weight excluding hydrogens is 1170 g/mol. The minimum absolute atomic E-state index is 0.0533. The molecule has 1 heterocycles. The molecule has 13 amide bonds. The number of carbonyl (C=O) groups excluding carboxylic acids is 13. The number of aliphatic carboxylic acids is 2. The first-order valence-electron chi connectivity index (χ1n) is 24.5. The third kappa shape index (κ3) is 24.5. The number of thiol groups is 6. The third-order valence-electron chi connectivity index (χ3n) is 11.5. The van der Waals surface area contributed by atoms with Gasteiger partial charge in [0.2, 0.25) is 76.8 Å². The summed E-state index contributed by atoms with van der Waals surface area (Å²) in [5.41, 5.74) is 5.44. The Morgan fingerprint density at radius 2 is 0.938 bits per heavy atom. The van der Waals surface area contributed by atoms with Crippen molar-refractivity contribution in [3.05, 3.63) is 0 Å². The summed E-state index contributed by atoms with van der Waals surface area (Å²) in [5, 5.41) is 44.2. The first-order chi connectivity index (χ1) is 37.5. The number of nitrogens with two attached hydrogens (primary N) is 1. The minimum Gasteiger partial charge on any atom is -0.481 e. The second-order valence-corrected chi connectivity index (χ2v) is 20.4. The van der Waals surface area contributed by atoms with Gasteiger partial charge >= 0.3 is 11.9 Å². The van der Waals surface area contributed by atoms with E-state index >= 15 is 0 Å².